The summed E-state index contributed by atoms with van der Waals surface area (Å²) in [5, 5.41) is 3.01. The lowest BCUT2D eigenvalue weighted by Crippen LogP contribution is -2.23. The summed E-state index contributed by atoms with van der Waals surface area (Å²) in [6.45, 7) is 5.63. The van der Waals surface area contributed by atoms with Gasteiger partial charge in [0.1, 0.15) is 5.76 Å². The monoisotopic (exact) mass is 352 g/mol. The van der Waals surface area contributed by atoms with Crippen molar-refractivity contribution in [2.24, 2.45) is 0 Å². The molecule has 2 aromatic heterocycles. The van der Waals surface area contributed by atoms with Crippen molar-refractivity contribution in [3.8, 4) is 0 Å². The van der Waals surface area contributed by atoms with Crippen LogP contribution in [0, 0.1) is 13.8 Å². The molecule has 0 saturated carbocycles. The number of aromatic nitrogens is 1. The fraction of sp³-hybridized carbons (Fsp3) is 0.286. The quantitative estimate of drug-likeness (QED) is 0.703. The number of amides is 1. The van der Waals surface area contributed by atoms with Gasteiger partial charge in [-0.25, -0.2) is 0 Å². The van der Waals surface area contributed by atoms with E-state index in [1.807, 2.05) is 56.3 Å². The lowest BCUT2D eigenvalue weighted by molar-refractivity contribution is 0.0950. The molecule has 2 heterocycles. The van der Waals surface area contributed by atoms with E-state index in [2.05, 4.69) is 9.88 Å². The first-order valence-corrected chi connectivity index (χ1v) is 8.62. The third kappa shape index (κ3) is 4.06. The van der Waals surface area contributed by atoms with E-state index in [1.165, 1.54) is 0 Å². The zero-order valence-corrected chi connectivity index (χ0v) is 15.4. The molecule has 5 heteroatoms. The van der Waals surface area contributed by atoms with E-state index in [0.29, 0.717) is 25.3 Å². The summed E-state index contributed by atoms with van der Waals surface area (Å²) in [6, 6.07) is 13.8. The van der Waals surface area contributed by atoms with Gasteiger partial charge in [0.25, 0.3) is 5.91 Å². The van der Waals surface area contributed by atoms with Crippen molar-refractivity contribution in [3.05, 3.63) is 82.6 Å². The van der Waals surface area contributed by atoms with E-state index < -0.39 is 0 Å². The smallest absolute Gasteiger partial charge is 0.253 e. The minimum Gasteiger partial charge on any atom is -0.467 e. The third-order valence-electron chi connectivity index (χ3n) is 4.47. The predicted octanol–water partition coefficient (Wildman–Crippen LogP) is 3.82. The van der Waals surface area contributed by atoms with Gasteiger partial charge in [0, 0.05) is 25.0 Å². The third-order valence-corrected chi connectivity index (χ3v) is 4.47. The Kier molecular flexibility index (Phi) is 5.58. The van der Waals surface area contributed by atoms with Crippen LogP contribution in [0.2, 0.25) is 0 Å². The van der Waals surface area contributed by atoms with Gasteiger partial charge in [-0.05, 0) is 43.2 Å². The summed E-state index contributed by atoms with van der Waals surface area (Å²) in [6.07, 6.45) is 1.66. The van der Waals surface area contributed by atoms with Gasteiger partial charge >= 0.3 is 0 Å². The lowest BCUT2D eigenvalue weighted by atomic mass is 10.1. The maximum absolute atomic E-state index is 12.6. The maximum atomic E-state index is 12.6. The average Bonchev–Trinajstić information content (AvgIpc) is 3.24. The molecule has 0 bridgehead atoms. The van der Waals surface area contributed by atoms with Crippen molar-refractivity contribution in [2.45, 2.75) is 33.5 Å². The van der Waals surface area contributed by atoms with E-state index in [1.54, 1.807) is 13.4 Å². The van der Waals surface area contributed by atoms with E-state index in [0.717, 1.165) is 28.3 Å². The highest BCUT2D eigenvalue weighted by Crippen LogP contribution is 2.17. The largest absolute Gasteiger partial charge is 0.467 e. The molecule has 0 fully saturated rings. The topological polar surface area (TPSA) is 56.4 Å². The number of hydrogen-bond acceptors (Lipinski definition) is 3. The Morgan fingerprint density at radius 2 is 1.96 bits per heavy atom. The molecule has 1 N–H and O–H groups in total. The van der Waals surface area contributed by atoms with Crippen molar-refractivity contribution in [2.75, 3.05) is 7.11 Å². The Labute approximate surface area is 153 Å². The number of benzene rings is 1. The van der Waals surface area contributed by atoms with Crippen LogP contribution in [-0.4, -0.2) is 17.6 Å². The SMILES string of the molecule is COCc1cccc(CNC(=O)c2cc(C)n(Cc3ccco3)c2C)c1. The molecular weight excluding hydrogens is 328 g/mol. The summed E-state index contributed by atoms with van der Waals surface area (Å²) in [5.74, 6) is 0.801. The van der Waals surface area contributed by atoms with Gasteiger partial charge in [-0.3, -0.25) is 4.79 Å². The molecule has 26 heavy (non-hydrogen) atoms. The Bertz CT molecular complexity index is 879. The lowest BCUT2D eigenvalue weighted by Gasteiger charge is -2.09. The van der Waals surface area contributed by atoms with Gasteiger partial charge in [-0.1, -0.05) is 24.3 Å². The molecule has 0 unspecified atom stereocenters. The number of methoxy groups -OCH3 is 1. The van der Waals surface area contributed by atoms with E-state index >= 15 is 0 Å². The summed E-state index contributed by atoms with van der Waals surface area (Å²) in [5.41, 5.74) is 4.81. The predicted molar refractivity (Wildman–Crippen MR) is 100 cm³/mol. The Morgan fingerprint density at radius 3 is 2.69 bits per heavy atom. The molecule has 0 atom stereocenters. The summed E-state index contributed by atoms with van der Waals surface area (Å²) in [4.78, 5) is 12.6. The second-order valence-electron chi connectivity index (χ2n) is 6.39. The second-order valence-corrected chi connectivity index (χ2v) is 6.39. The first-order valence-electron chi connectivity index (χ1n) is 8.62. The number of hydrogen-bond donors (Lipinski definition) is 1. The van der Waals surface area contributed by atoms with Crippen molar-refractivity contribution < 1.29 is 13.9 Å². The van der Waals surface area contributed by atoms with Crippen LogP contribution in [0.25, 0.3) is 0 Å². The number of furan rings is 1. The molecule has 0 aliphatic carbocycles. The number of nitrogens with zero attached hydrogens (tertiary/aromatic N) is 1. The van der Waals surface area contributed by atoms with Gasteiger partial charge in [0.15, 0.2) is 0 Å². The molecule has 3 rings (SSSR count). The number of carbonyl (C=O) groups excluding carboxylic acids is 1. The van der Waals surface area contributed by atoms with Crippen LogP contribution in [0.15, 0.2) is 53.1 Å². The fourth-order valence-electron chi connectivity index (χ4n) is 3.11. The molecule has 0 spiro atoms. The van der Waals surface area contributed by atoms with Gasteiger partial charge < -0.3 is 19.0 Å². The molecule has 1 aromatic carbocycles. The average molecular weight is 352 g/mol. The molecule has 1 amide bonds. The number of carbonyl (C=O) groups is 1. The Morgan fingerprint density at radius 1 is 1.15 bits per heavy atom. The van der Waals surface area contributed by atoms with Gasteiger partial charge in [0.2, 0.25) is 0 Å². The summed E-state index contributed by atoms with van der Waals surface area (Å²) >= 11 is 0. The van der Waals surface area contributed by atoms with Crippen LogP contribution in [-0.2, 0) is 24.4 Å². The van der Waals surface area contributed by atoms with Crippen LogP contribution in [0.5, 0.6) is 0 Å². The highest BCUT2D eigenvalue weighted by molar-refractivity contribution is 5.95. The highest BCUT2D eigenvalue weighted by atomic mass is 16.5. The molecule has 0 radical (unpaired) electrons. The Balaban J connectivity index is 1.69. The maximum Gasteiger partial charge on any atom is 0.253 e. The normalized spacial score (nSPS) is 10.9. The van der Waals surface area contributed by atoms with Crippen LogP contribution < -0.4 is 5.32 Å². The van der Waals surface area contributed by atoms with Gasteiger partial charge in [-0.15, -0.1) is 0 Å². The molecule has 0 aliphatic rings. The highest BCUT2D eigenvalue weighted by Gasteiger charge is 2.16. The molecule has 136 valence electrons. The van der Waals surface area contributed by atoms with Crippen LogP contribution in [0.3, 0.4) is 0 Å². The second kappa shape index (κ2) is 8.06. The standard InChI is InChI=1S/C21H24N2O3/c1-15-10-20(16(2)23(15)13-19-8-5-9-26-19)21(24)22-12-17-6-4-7-18(11-17)14-25-3/h4-11H,12-14H2,1-3H3,(H,22,24). The van der Waals surface area contributed by atoms with E-state index in [9.17, 15) is 4.79 Å². The molecule has 0 saturated heterocycles. The van der Waals surface area contributed by atoms with Crippen molar-refractivity contribution >= 4 is 5.91 Å². The van der Waals surface area contributed by atoms with Crippen molar-refractivity contribution in [1.82, 2.24) is 9.88 Å². The number of rotatable bonds is 7. The summed E-state index contributed by atoms with van der Waals surface area (Å²) in [7, 11) is 1.67. The van der Waals surface area contributed by atoms with Crippen LogP contribution in [0.4, 0.5) is 0 Å². The molecule has 5 nitrogen and oxygen atoms in total. The number of nitrogens with one attached hydrogen (secondary N) is 1. The van der Waals surface area contributed by atoms with E-state index in [4.69, 9.17) is 9.15 Å². The van der Waals surface area contributed by atoms with Gasteiger partial charge in [-0.2, -0.15) is 0 Å². The minimum atomic E-state index is -0.0686. The zero-order chi connectivity index (χ0) is 18.5. The first-order chi connectivity index (χ1) is 12.6. The molecular formula is C21H24N2O3. The summed E-state index contributed by atoms with van der Waals surface area (Å²) < 4.78 is 12.7. The zero-order valence-electron chi connectivity index (χ0n) is 15.4. The Hall–Kier alpha value is -2.79. The van der Waals surface area contributed by atoms with E-state index in [-0.39, 0.29) is 5.91 Å². The van der Waals surface area contributed by atoms with Crippen LogP contribution in [0.1, 0.15) is 38.6 Å². The van der Waals surface area contributed by atoms with Crippen LogP contribution >= 0.6 is 0 Å². The molecule has 0 aliphatic heterocycles. The van der Waals surface area contributed by atoms with Crippen molar-refractivity contribution in [3.63, 3.8) is 0 Å². The number of ether oxygens (including phenoxy) is 1. The molecule has 3 aromatic rings. The van der Waals surface area contributed by atoms with Gasteiger partial charge in [0.05, 0.1) is 25.0 Å². The first kappa shape index (κ1) is 18.0. The minimum absolute atomic E-state index is 0.0686. The number of aryl methyl sites for hydroxylation is 1. The fourth-order valence-corrected chi connectivity index (χ4v) is 3.11. The van der Waals surface area contributed by atoms with Crippen molar-refractivity contribution in [1.29, 1.82) is 0 Å².